The van der Waals surface area contributed by atoms with Crippen LogP contribution in [-0.4, -0.2) is 30.2 Å². The molecule has 2 heterocycles. The molecule has 0 radical (unpaired) electrons. The van der Waals surface area contributed by atoms with Crippen LogP contribution in [0.3, 0.4) is 0 Å². The number of hydrogen-bond donors (Lipinski definition) is 1. The molecule has 0 aliphatic carbocycles. The van der Waals surface area contributed by atoms with Crippen molar-refractivity contribution in [3.8, 4) is 5.88 Å². The number of thioether (sulfide) groups is 1. The van der Waals surface area contributed by atoms with E-state index in [2.05, 4.69) is 15.3 Å². The Bertz CT molecular complexity index is 447. The third kappa shape index (κ3) is 2.01. The summed E-state index contributed by atoms with van der Waals surface area (Å²) >= 11 is 1.40. The van der Waals surface area contributed by atoms with E-state index >= 15 is 0 Å². The maximum atomic E-state index is 11.7. The van der Waals surface area contributed by atoms with E-state index < -0.39 is 0 Å². The second kappa shape index (κ2) is 4.52. The van der Waals surface area contributed by atoms with Gasteiger partial charge >= 0.3 is 0 Å². The molecule has 1 unspecified atom stereocenters. The summed E-state index contributed by atoms with van der Waals surface area (Å²) in [6.45, 7) is 0. The van der Waals surface area contributed by atoms with Crippen molar-refractivity contribution in [3.05, 3.63) is 23.9 Å². The fourth-order valence-electron chi connectivity index (χ4n) is 1.39. The highest BCUT2D eigenvalue weighted by Gasteiger charge is 2.31. The first-order valence-electron chi connectivity index (χ1n) is 4.69. The minimum Gasteiger partial charge on any atom is -0.481 e. The van der Waals surface area contributed by atoms with E-state index in [0.29, 0.717) is 11.0 Å². The zero-order valence-corrected chi connectivity index (χ0v) is 9.75. The van der Waals surface area contributed by atoms with Gasteiger partial charge in [0.25, 0.3) is 0 Å². The van der Waals surface area contributed by atoms with E-state index in [9.17, 15) is 4.79 Å². The van der Waals surface area contributed by atoms with Crippen LogP contribution in [0.25, 0.3) is 0 Å². The van der Waals surface area contributed by atoms with Crippen LogP contribution < -0.4 is 10.1 Å². The van der Waals surface area contributed by atoms with Gasteiger partial charge in [-0.3, -0.25) is 9.79 Å². The van der Waals surface area contributed by atoms with Gasteiger partial charge in [-0.25, -0.2) is 4.98 Å². The number of rotatable bonds is 2. The van der Waals surface area contributed by atoms with Crippen molar-refractivity contribution < 1.29 is 9.53 Å². The van der Waals surface area contributed by atoms with Gasteiger partial charge in [-0.1, -0.05) is 11.8 Å². The van der Waals surface area contributed by atoms with Crippen molar-refractivity contribution in [2.45, 2.75) is 5.25 Å². The molecule has 1 atom stereocenters. The molecule has 0 spiro atoms. The number of methoxy groups -OCH3 is 1. The molecule has 1 N–H and O–H groups in total. The molecule has 1 aromatic rings. The Morgan fingerprint density at radius 1 is 1.62 bits per heavy atom. The number of carbonyl (C=O) groups excluding carboxylic acids is 1. The molecule has 1 aromatic heterocycles. The second-order valence-corrected chi connectivity index (χ2v) is 4.24. The van der Waals surface area contributed by atoms with Gasteiger partial charge in [0.05, 0.1) is 7.11 Å². The average Bonchev–Trinajstić information content (AvgIpc) is 2.71. The normalized spacial score (nSPS) is 22.2. The number of nitrogens with zero attached hydrogens (tertiary/aromatic N) is 2. The lowest BCUT2D eigenvalue weighted by molar-refractivity contribution is -0.118. The van der Waals surface area contributed by atoms with Crippen LogP contribution in [0.1, 0.15) is 10.8 Å². The summed E-state index contributed by atoms with van der Waals surface area (Å²) in [7, 11) is 3.20. The van der Waals surface area contributed by atoms with Crippen LogP contribution in [0.5, 0.6) is 5.88 Å². The standard InChI is InChI=1S/C10H11N3O2S/c1-11-10-13-9(14)8(16-10)6-3-4-12-7(5-6)15-2/h3-5,8H,1-2H3,(H,11,13,14). The number of amidine groups is 1. The Morgan fingerprint density at radius 2 is 2.44 bits per heavy atom. The second-order valence-electron chi connectivity index (χ2n) is 3.15. The highest BCUT2D eigenvalue weighted by Crippen LogP contribution is 2.34. The molecule has 0 aromatic carbocycles. The SMILES string of the molecule is CN=C1NC(=O)C(c2ccnc(OC)c2)S1. The Labute approximate surface area is 97.3 Å². The number of hydrogen-bond acceptors (Lipinski definition) is 5. The van der Waals surface area contributed by atoms with E-state index in [1.54, 1.807) is 32.5 Å². The highest BCUT2D eigenvalue weighted by atomic mass is 32.2. The Kier molecular flexibility index (Phi) is 3.09. The van der Waals surface area contributed by atoms with Gasteiger partial charge in [0.1, 0.15) is 5.25 Å². The average molecular weight is 237 g/mol. The van der Waals surface area contributed by atoms with E-state index in [0.717, 1.165) is 5.56 Å². The van der Waals surface area contributed by atoms with Gasteiger partial charge in [-0.2, -0.15) is 0 Å². The summed E-state index contributed by atoms with van der Waals surface area (Å²) < 4.78 is 5.02. The molecule has 0 saturated carbocycles. The van der Waals surface area contributed by atoms with E-state index in [1.165, 1.54) is 11.8 Å². The third-order valence-corrected chi connectivity index (χ3v) is 3.40. The van der Waals surface area contributed by atoms with Crippen molar-refractivity contribution in [1.82, 2.24) is 10.3 Å². The monoisotopic (exact) mass is 237 g/mol. The first-order valence-corrected chi connectivity index (χ1v) is 5.57. The summed E-state index contributed by atoms with van der Waals surface area (Å²) in [6, 6.07) is 3.56. The van der Waals surface area contributed by atoms with Crippen LogP contribution in [0, 0.1) is 0 Å². The lowest BCUT2D eigenvalue weighted by atomic mass is 10.2. The molecular weight excluding hydrogens is 226 g/mol. The molecule has 84 valence electrons. The fraction of sp³-hybridized carbons (Fsp3) is 0.300. The van der Waals surface area contributed by atoms with Crippen molar-refractivity contribution >= 4 is 22.8 Å². The minimum absolute atomic E-state index is 0.0566. The summed E-state index contributed by atoms with van der Waals surface area (Å²) in [4.78, 5) is 19.6. The lowest BCUT2D eigenvalue weighted by Crippen LogP contribution is -2.21. The van der Waals surface area contributed by atoms with Gasteiger partial charge in [0.2, 0.25) is 11.8 Å². The molecule has 1 amide bonds. The Morgan fingerprint density at radius 3 is 3.06 bits per heavy atom. The Hall–Kier alpha value is -1.56. The smallest absolute Gasteiger partial charge is 0.244 e. The molecule has 1 aliphatic rings. The zero-order chi connectivity index (χ0) is 11.5. The van der Waals surface area contributed by atoms with Crippen LogP contribution in [-0.2, 0) is 4.79 Å². The fourth-order valence-corrected chi connectivity index (χ4v) is 2.33. The number of aromatic nitrogens is 1. The van der Waals surface area contributed by atoms with E-state index in [-0.39, 0.29) is 11.2 Å². The summed E-state index contributed by atoms with van der Waals surface area (Å²) in [5, 5.41) is 3.08. The van der Waals surface area contributed by atoms with Gasteiger partial charge in [0, 0.05) is 19.3 Å². The number of nitrogens with one attached hydrogen (secondary N) is 1. The predicted octanol–water partition coefficient (Wildman–Crippen LogP) is 0.980. The van der Waals surface area contributed by atoms with E-state index in [1.807, 2.05) is 0 Å². The van der Waals surface area contributed by atoms with Crippen molar-refractivity contribution in [2.24, 2.45) is 4.99 Å². The number of aliphatic imine (C=N–C) groups is 1. The molecule has 0 bridgehead atoms. The maximum absolute atomic E-state index is 11.7. The molecule has 1 aliphatic heterocycles. The Balaban J connectivity index is 2.27. The maximum Gasteiger partial charge on any atom is 0.244 e. The third-order valence-electron chi connectivity index (χ3n) is 2.17. The summed E-state index contributed by atoms with van der Waals surface area (Å²) in [6.07, 6.45) is 1.63. The quantitative estimate of drug-likeness (QED) is 0.832. The van der Waals surface area contributed by atoms with Gasteiger partial charge in [-0.05, 0) is 11.6 Å². The molecule has 1 saturated heterocycles. The van der Waals surface area contributed by atoms with Crippen LogP contribution in [0.4, 0.5) is 0 Å². The number of pyridine rings is 1. The van der Waals surface area contributed by atoms with E-state index in [4.69, 9.17) is 4.74 Å². The highest BCUT2D eigenvalue weighted by molar-refractivity contribution is 8.15. The summed E-state index contributed by atoms with van der Waals surface area (Å²) in [5.41, 5.74) is 0.869. The lowest BCUT2D eigenvalue weighted by Gasteiger charge is -2.06. The topological polar surface area (TPSA) is 63.6 Å². The first kappa shape index (κ1) is 10.9. The number of amides is 1. The largest absolute Gasteiger partial charge is 0.481 e. The molecule has 6 heteroatoms. The van der Waals surface area contributed by atoms with Crippen molar-refractivity contribution in [2.75, 3.05) is 14.2 Å². The minimum atomic E-state index is -0.268. The van der Waals surface area contributed by atoms with Crippen molar-refractivity contribution in [3.63, 3.8) is 0 Å². The van der Waals surface area contributed by atoms with Crippen LogP contribution in [0.2, 0.25) is 0 Å². The van der Waals surface area contributed by atoms with Crippen LogP contribution >= 0.6 is 11.8 Å². The predicted molar refractivity (Wildman–Crippen MR) is 62.6 cm³/mol. The first-order chi connectivity index (χ1) is 7.74. The molecular formula is C10H11N3O2S. The van der Waals surface area contributed by atoms with Gasteiger partial charge in [-0.15, -0.1) is 0 Å². The van der Waals surface area contributed by atoms with Crippen molar-refractivity contribution in [1.29, 1.82) is 0 Å². The molecule has 2 rings (SSSR count). The van der Waals surface area contributed by atoms with Gasteiger partial charge < -0.3 is 10.1 Å². The summed E-state index contributed by atoms with van der Waals surface area (Å²) in [5.74, 6) is 0.451. The number of ether oxygens (including phenoxy) is 1. The van der Waals surface area contributed by atoms with Gasteiger partial charge in [0.15, 0.2) is 5.17 Å². The molecule has 1 fully saturated rings. The molecule has 16 heavy (non-hydrogen) atoms. The van der Waals surface area contributed by atoms with Crippen LogP contribution in [0.15, 0.2) is 23.3 Å². The number of carbonyl (C=O) groups is 1. The zero-order valence-electron chi connectivity index (χ0n) is 8.93. The molecule has 5 nitrogen and oxygen atoms in total.